The topological polar surface area (TPSA) is 24.4 Å². The van der Waals surface area contributed by atoms with E-state index in [9.17, 15) is 0 Å². The molecule has 0 aromatic heterocycles. The molecule has 0 aliphatic carbocycles. The molecule has 1 N–H and O–H groups in total. The van der Waals surface area contributed by atoms with Gasteiger partial charge in [0.25, 0.3) is 0 Å². The molecule has 104 valence electrons. The van der Waals surface area contributed by atoms with Gasteiger partial charge in [-0.25, -0.2) is 0 Å². The molecule has 2 rings (SSSR count). The molecule has 1 aliphatic heterocycles. The summed E-state index contributed by atoms with van der Waals surface area (Å²) in [7, 11) is 0. The average molecular weight is 276 g/mol. The molecule has 0 saturated carbocycles. The number of hydrogen-bond acceptors (Lipinski definition) is 3. The van der Waals surface area contributed by atoms with Crippen LogP contribution in [0.2, 0.25) is 0 Å². The highest BCUT2D eigenvalue weighted by atomic mass is 32.2. The first-order valence-corrected chi connectivity index (χ1v) is 8.12. The minimum absolute atomic E-state index is 0.675. The highest BCUT2D eigenvalue weighted by Crippen LogP contribution is 2.30. The van der Waals surface area contributed by atoms with E-state index >= 15 is 0 Å². The SMILES string of the molecule is CCC(CC)C1CN=C(NCc2ccccc2C)S1. The van der Waals surface area contributed by atoms with Crippen LogP contribution in [0.15, 0.2) is 29.3 Å². The van der Waals surface area contributed by atoms with Crippen LogP contribution in [-0.4, -0.2) is 17.0 Å². The molecule has 1 aromatic rings. The second kappa shape index (κ2) is 6.99. The third-order valence-electron chi connectivity index (χ3n) is 3.94. The van der Waals surface area contributed by atoms with Crippen molar-refractivity contribution in [3.8, 4) is 0 Å². The summed E-state index contributed by atoms with van der Waals surface area (Å²) < 4.78 is 0. The Kier molecular flexibility index (Phi) is 5.32. The standard InChI is InChI=1S/C16H24N2S/c1-4-13(5-2)15-11-18-16(19-15)17-10-14-9-7-6-8-12(14)3/h6-9,13,15H,4-5,10-11H2,1-3H3,(H,17,18). The van der Waals surface area contributed by atoms with Crippen LogP contribution >= 0.6 is 11.8 Å². The number of aliphatic imine (C=N–C) groups is 1. The first-order chi connectivity index (χ1) is 9.24. The maximum absolute atomic E-state index is 4.65. The van der Waals surface area contributed by atoms with Gasteiger partial charge in [-0.1, -0.05) is 62.7 Å². The molecule has 1 unspecified atom stereocenters. The number of nitrogens with zero attached hydrogens (tertiary/aromatic N) is 1. The zero-order chi connectivity index (χ0) is 13.7. The van der Waals surface area contributed by atoms with Crippen molar-refractivity contribution >= 4 is 16.9 Å². The number of rotatable bonds is 5. The predicted octanol–water partition coefficient (Wildman–Crippen LogP) is 3.99. The van der Waals surface area contributed by atoms with Crippen molar-refractivity contribution < 1.29 is 0 Å². The summed E-state index contributed by atoms with van der Waals surface area (Å²) in [4.78, 5) is 4.65. The first-order valence-electron chi connectivity index (χ1n) is 7.24. The molecule has 0 fully saturated rings. The molecule has 1 aliphatic rings. The number of benzene rings is 1. The molecule has 0 bridgehead atoms. The largest absolute Gasteiger partial charge is 0.361 e. The summed E-state index contributed by atoms with van der Waals surface area (Å²) in [6.45, 7) is 8.59. The van der Waals surface area contributed by atoms with Crippen molar-refractivity contribution in [1.82, 2.24) is 5.32 Å². The lowest BCUT2D eigenvalue weighted by molar-refractivity contribution is 0.479. The van der Waals surface area contributed by atoms with E-state index < -0.39 is 0 Å². The molecule has 0 radical (unpaired) electrons. The van der Waals surface area contributed by atoms with Gasteiger partial charge in [0, 0.05) is 11.8 Å². The van der Waals surface area contributed by atoms with Gasteiger partial charge in [0.2, 0.25) is 0 Å². The van der Waals surface area contributed by atoms with Crippen LogP contribution in [0.25, 0.3) is 0 Å². The Morgan fingerprint density at radius 2 is 2.05 bits per heavy atom. The van der Waals surface area contributed by atoms with Crippen LogP contribution in [-0.2, 0) is 6.54 Å². The summed E-state index contributed by atoms with van der Waals surface area (Å²) in [5.74, 6) is 0.798. The van der Waals surface area contributed by atoms with Gasteiger partial charge in [-0.3, -0.25) is 4.99 Å². The Balaban J connectivity index is 1.84. The summed E-state index contributed by atoms with van der Waals surface area (Å²) in [5.41, 5.74) is 2.70. The van der Waals surface area contributed by atoms with E-state index in [0.717, 1.165) is 24.2 Å². The molecule has 3 heteroatoms. The zero-order valence-electron chi connectivity index (χ0n) is 12.1. The summed E-state index contributed by atoms with van der Waals surface area (Å²) in [6, 6.07) is 8.53. The van der Waals surface area contributed by atoms with Crippen molar-refractivity contribution in [3.05, 3.63) is 35.4 Å². The Morgan fingerprint density at radius 1 is 1.32 bits per heavy atom. The maximum atomic E-state index is 4.65. The van der Waals surface area contributed by atoms with Gasteiger partial charge in [0.1, 0.15) is 0 Å². The van der Waals surface area contributed by atoms with Crippen molar-refractivity contribution in [3.63, 3.8) is 0 Å². The number of thioether (sulfide) groups is 1. The molecule has 0 spiro atoms. The predicted molar refractivity (Wildman–Crippen MR) is 85.8 cm³/mol. The monoisotopic (exact) mass is 276 g/mol. The number of nitrogens with one attached hydrogen (secondary N) is 1. The lowest BCUT2D eigenvalue weighted by Gasteiger charge is -2.18. The fourth-order valence-electron chi connectivity index (χ4n) is 2.53. The van der Waals surface area contributed by atoms with Gasteiger partial charge in [-0.15, -0.1) is 0 Å². The van der Waals surface area contributed by atoms with E-state index in [4.69, 9.17) is 0 Å². The third-order valence-corrected chi connectivity index (χ3v) is 5.28. The van der Waals surface area contributed by atoms with Gasteiger partial charge in [0.05, 0.1) is 6.54 Å². The van der Waals surface area contributed by atoms with Gasteiger partial charge in [0.15, 0.2) is 5.17 Å². The third kappa shape index (κ3) is 3.75. The molecule has 1 atom stereocenters. The first kappa shape index (κ1) is 14.4. The van der Waals surface area contributed by atoms with Gasteiger partial charge in [-0.05, 0) is 24.0 Å². The number of hydrogen-bond donors (Lipinski definition) is 1. The van der Waals surface area contributed by atoms with E-state index in [2.05, 4.69) is 55.3 Å². The van der Waals surface area contributed by atoms with Crippen LogP contribution < -0.4 is 5.32 Å². The van der Waals surface area contributed by atoms with Crippen molar-refractivity contribution in [2.24, 2.45) is 10.9 Å². The Morgan fingerprint density at radius 3 is 2.74 bits per heavy atom. The molecular formula is C16H24N2S. The summed E-state index contributed by atoms with van der Waals surface area (Å²) in [5, 5.41) is 5.29. The van der Waals surface area contributed by atoms with Crippen molar-refractivity contribution in [2.45, 2.75) is 45.4 Å². The average Bonchev–Trinajstić information content (AvgIpc) is 2.88. The van der Waals surface area contributed by atoms with E-state index in [1.165, 1.54) is 24.0 Å². The maximum Gasteiger partial charge on any atom is 0.157 e. The number of amidine groups is 1. The van der Waals surface area contributed by atoms with Crippen molar-refractivity contribution in [2.75, 3.05) is 6.54 Å². The normalized spacial score (nSPS) is 18.7. The minimum atomic E-state index is 0.675. The lowest BCUT2D eigenvalue weighted by Crippen LogP contribution is -2.21. The Labute approximate surface area is 121 Å². The highest BCUT2D eigenvalue weighted by Gasteiger charge is 2.25. The fourth-order valence-corrected chi connectivity index (χ4v) is 3.85. The minimum Gasteiger partial charge on any atom is -0.361 e. The van der Waals surface area contributed by atoms with E-state index in [-0.39, 0.29) is 0 Å². The molecule has 1 heterocycles. The van der Waals surface area contributed by atoms with Gasteiger partial charge in [-0.2, -0.15) is 0 Å². The second-order valence-electron chi connectivity index (χ2n) is 5.16. The van der Waals surface area contributed by atoms with Crippen molar-refractivity contribution in [1.29, 1.82) is 0 Å². The molecule has 1 aromatic carbocycles. The van der Waals surface area contributed by atoms with E-state index in [0.29, 0.717) is 5.25 Å². The van der Waals surface area contributed by atoms with Gasteiger partial charge >= 0.3 is 0 Å². The second-order valence-corrected chi connectivity index (χ2v) is 6.39. The molecule has 0 amide bonds. The Hall–Kier alpha value is -0.960. The fraction of sp³-hybridized carbons (Fsp3) is 0.562. The summed E-state index contributed by atoms with van der Waals surface area (Å²) >= 11 is 1.93. The van der Waals surface area contributed by atoms with E-state index in [1.54, 1.807) is 0 Å². The quantitative estimate of drug-likeness (QED) is 0.879. The van der Waals surface area contributed by atoms with Crippen LogP contribution in [0.5, 0.6) is 0 Å². The van der Waals surface area contributed by atoms with Crippen LogP contribution in [0.3, 0.4) is 0 Å². The highest BCUT2D eigenvalue weighted by molar-refractivity contribution is 8.14. The van der Waals surface area contributed by atoms with Crippen LogP contribution in [0, 0.1) is 12.8 Å². The van der Waals surface area contributed by atoms with Crippen LogP contribution in [0.4, 0.5) is 0 Å². The summed E-state index contributed by atoms with van der Waals surface area (Å²) in [6.07, 6.45) is 2.52. The molecule has 2 nitrogen and oxygen atoms in total. The number of aryl methyl sites for hydroxylation is 1. The molecule has 0 saturated heterocycles. The smallest absolute Gasteiger partial charge is 0.157 e. The molecular weight excluding hydrogens is 252 g/mol. The van der Waals surface area contributed by atoms with Crippen LogP contribution in [0.1, 0.15) is 37.8 Å². The molecule has 19 heavy (non-hydrogen) atoms. The van der Waals surface area contributed by atoms with Gasteiger partial charge < -0.3 is 5.32 Å². The lowest BCUT2D eigenvalue weighted by atomic mass is 9.99. The Bertz CT molecular complexity index is 438. The zero-order valence-corrected chi connectivity index (χ0v) is 13.0. The van der Waals surface area contributed by atoms with E-state index in [1.807, 2.05) is 11.8 Å².